The maximum absolute atomic E-state index is 6.02. The highest BCUT2D eigenvalue weighted by molar-refractivity contribution is 6.30. The van der Waals surface area contributed by atoms with Crippen molar-refractivity contribution in [1.82, 2.24) is 10.2 Å². The van der Waals surface area contributed by atoms with Crippen LogP contribution in [0.25, 0.3) is 0 Å². The molecule has 2 aliphatic rings. The fraction of sp³-hybridized carbons (Fsp3) is 0.647. The number of rotatable bonds is 5. The number of fused-ring (bicyclic) bond motifs is 1. The summed E-state index contributed by atoms with van der Waals surface area (Å²) in [4.78, 5) is 2.60. The van der Waals surface area contributed by atoms with Crippen LogP contribution in [-0.2, 0) is 4.74 Å². The Kier molecular flexibility index (Phi) is 5.17. The van der Waals surface area contributed by atoms with E-state index in [0.29, 0.717) is 18.2 Å². The summed E-state index contributed by atoms with van der Waals surface area (Å²) in [6.45, 7) is 6.37. The quantitative estimate of drug-likeness (QED) is 0.904. The highest BCUT2D eigenvalue weighted by Gasteiger charge is 2.32. The third-order valence-electron chi connectivity index (χ3n) is 4.73. The first kappa shape index (κ1) is 15.3. The van der Waals surface area contributed by atoms with E-state index in [0.717, 1.165) is 31.1 Å². The van der Waals surface area contributed by atoms with E-state index in [9.17, 15) is 0 Å². The van der Waals surface area contributed by atoms with Crippen molar-refractivity contribution in [2.45, 2.75) is 44.4 Å². The number of nitrogens with zero attached hydrogens (tertiary/aromatic N) is 1. The van der Waals surface area contributed by atoms with Crippen molar-refractivity contribution in [2.75, 3.05) is 26.2 Å². The molecule has 1 aromatic carbocycles. The van der Waals surface area contributed by atoms with Crippen LogP contribution < -0.4 is 5.32 Å². The SMILES string of the molecule is CCC(NCC1CN2CCCC2CO1)c1ccc(Cl)cc1. The molecular formula is C17H25ClN2O. The van der Waals surface area contributed by atoms with Crippen molar-refractivity contribution >= 4 is 11.6 Å². The molecule has 0 amide bonds. The van der Waals surface area contributed by atoms with Crippen molar-refractivity contribution in [3.05, 3.63) is 34.9 Å². The molecule has 116 valence electrons. The van der Waals surface area contributed by atoms with Crippen LogP contribution in [-0.4, -0.2) is 43.3 Å². The first-order valence-corrected chi connectivity index (χ1v) is 8.48. The van der Waals surface area contributed by atoms with Crippen LogP contribution in [0.4, 0.5) is 0 Å². The number of hydrogen-bond donors (Lipinski definition) is 1. The summed E-state index contributed by atoms with van der Waals surface area (Å²) in [6, 6.07) is 9.21. The van der Waals surface area contributed by atoms with E-state index in [1.165, 1.54) is 24.9 Å². The minimum Gasteiger partial charge on any atom is -0.374 e. The van der Waals surface area contributed by atoms with Gasteiger partial charge in [0.1, 0.15) is 0 Å². The van der Waals surface area contributed by atoms with Crippen LogP contribution in [0, 0.1) is 0 Å². The average molecular weight is 309 g/mol. The van der Waals surface area contributed by atoms with Gasteiger partial charge in [0, 0.05) is 30.2 Å². The lowest BCUT2D eigenvalue weighted by atomic mass is 10.0. The van der Waals surface area contributed by atoms with Crippen LogP contribution in [0.3, 0.4) is 0 Å². The van der Waals surface area contributed by atoms with Crippen LogP contribution in [0.2, 0.25) is 5.02 Å². The molecule has 0 bridgehead atoms. The third-order valence-corrected chi connectivity index (χ3v) is 4.99. The predicted molar refractivity (Wildman–Crippen MR) is 86.8 cm³/mol. The van der Waals surface area contributed by atoms with Gasteiger partial charge in [0.05, 0.1) is 12.7 Å². The second-order valence-electron chi connectivity index (χ2n) is 6.17. The second kappa shape index (κ2) is 7.10. The van der Waals surface area contributed by atoms with Gasteiger partial charge in [-0.05, 0) is 43.5 Å². The van der Waals surface area contributed by atoms with Gasteiger partial charge < -0.3 is 10.1 Å². The van der Waals surface area contributed by atoms with E-state index in [1.54, 1.807) is 0 Å². The van der Waals surface area contributed by atoms with E-state index in [4.69, 9.17) is 16.3 Å². The normalized spacial score (nSPS) is 27.5. The first-order chi connectivity index (χ1) is 10.3. The molecular weight excluding hydrogens is 284 g/mol. The van der Waals surface area contributed by atoms with Gasteiger partial charge in [0.2, 0.25) is 0 Å². The Morgan fingerprint density at radius 2 is 2.19 bits per heavy atom. The van der Waals surface area contributed by atoms with Crippen LogP contribution in [0.5, 0.6) is 0 Å². The molecule has 0 spiro atoms. The monoisotopic (exact) mass is 308 g/mol. The standard InChI is InChI=1S/C17H25ClN2O/c1-2-17(13-5-7-14(18)8-6-13)19-10-16-11-20-9-3-4-15(20)12-21-16/h5-8,15-17,19H,2-4,9-12H2,1H3. The number of nitrogens with one attached hydrogen (secondary N) is 1. The van der Waals surface area contributed by atoms with Crippen LogP contribution >= 0.6 is 11.6 Å². The van der Waals surface area contributed by atoms with Gasteiger partial charge in [-0.2, -0.15) is 0 Å². The molecule has 1 N–H and O–H groups in total. The zero-order valence-corrected chi connectivity index (χ0v) is 13.5. The molecule has 3 unspecified atom stereocenters. The largest absolute Gasteiger partial charge is 0.374 e. The second-order valence-corrected chi connectivity index (χ2v) is 6.60. The predicted octanol–water partition coefficient (Wildman–Crippen LogP) is 3.24. The summed E-state index contributed by atoms with van der Waals surface area (Å²) < 4.78 is 6.02. The molecule has 2 aliphatic heterocycles. The zero-order chi connectivity index (χ0) is 14.7. The van der Waals surface area contributed by atoms with Crippen LogP contribution in [0.1, 0.15) is 37.8 Å². The topological polar surface area (TPSA) is 24.5 Å². The molecule has 21 heavy (non-hydrogen) atoms. The fourth-order valence-corrected chi connectivity index (χ4v) is 3.60. The van der Waals surface area contributed by atoms with Crippen molar-refractivity contribution in [3.8, 4) is 0 Å². The molecule has 3 atom stereocenters. The summed E-state index contributed by atoms with van der Waals surface area (Å²) in [5, 5.41) is 4.46. The van der Waals surface area contributed by atoms with Gasteiger partial charge in [-0.1, -0.05) is 30.7 Å². The van der Waals surface area contributed by atoms with Gasteiger partial charge in [-0.3, -0.25) is 4.90 Å². The average Bonchev–Trinajstić information content (AvgIpc) is 2.97. The van der Waals surface area contributed by atoms with Gasteiger partial charge in [-0.15, -0.1) is 0 Å². The Hall–Kier alpha value is -0.610. The Labute approximate surface area is 132 Å². The Balaban J connectivity index is 1.52. The lowest BCUT2D eigenvalue weighted by Crippen LogP contribution is -2.49. The summed E-state index contributed by atoms with van der Waals surface area (Å²) in [6.07, 6.45) is 4.03. The highest BCUT2D eigenvalue weighted by Crippen LogP contribution is 2.23. The number of benzene rings is 1. The summed E-state index contributed by atoms with van der Waals surface area (Å²) in [5.41, 5.74) is 1.30. The fourth-order valence-electron chi connectivity index (χ4n) is 3.48. The minimum atomic E-state index is 0.320. The molecule has 2 heterocycles. The lowest BCUT2D eigenvalue weighted by molar-refractivity contribution is -0.0479. The Morgan fingerprint density at radius 3 is 2.95 bits per heavy atom. The molecule has 0 radical (unpaired) electrons. The number of hydrogen-bond acceptors (Lipinski definition) is 3. The van der Waals surface area contributed by atoms with Crippen molar-refractivity contribution in [3.63, 3.8) is 0 Å². The summed E-state index contributed by atoms with van der Waals surface area (Å²) >= 11 is 5.96. The number of morpholine rings is 1. The first-order valence-electron chi connectivity index (χ1n) is 8.10. The Bertz CT molecular complexity index is 451. The molecule has 1 aromatic rings. The smallest absolute Gasteiger partial charge is 0.0827 e. The highest BCUT2D eigenvalue weighted by atomic mass is 35.5. The van der Waals surface area contributed by atoms with E-state index < -0.39 is 0 Å². The molecule has 3 rings (SSSR count). The van der Waals surface area contributed by atoms with E-state index in [2.05, 4.69) is 29.3 Å². The van der Waals surface area contributed by atoms with Crippen LogP contribution in [0.15, 0.2) is 24.3 Å². The molecule has 0 aliphatic carbocycles. The van der Waals surface area contributed by atoms with Gasteiger partial charge in [-0.25, -0.2) is 0 Å². The third kappa shape index (κ3) is 3.78. The molecule has 2 fully saturated rings. The molecule has 2 saturated heterocycles. The number of ether oxygens (including phenoxy) is 1. The summed E-state index contributed by atoms with van der Waals surface area (Å²) in [7, 11) is 0. The van der Waals surface area contributed by atoms with Crippen molar-refractivity contribution in [2.24, 2.45) is 0 Å². The lowest BCUT2D eigenvalue weighted by Gasteiger charge is -2.36. The zero-order valence-electron chi connectivity index (χ0n) is 12.7. The van der Waals surface area contributed by atoms with E-state index >= 15 is 0 Å². The molecule has 3 nitrogen and oxygen atoms in total. The van der Waals surface area contributed by atoms with E-state index in [-0.39, 0.29) is 0 Å². The summed E-state index contributed by atoms with van der Waals surface area (Å²) in [5.74, 6) is 0. The van der Waals surface area contributed by atoms with Crippen molar-refractivity contribution in [1.29, 1.82) is 0 Å². The van der Waals surface area contributed by atoms with Gasteiger partial charge in [0.15, 0.2) is 0 Å². The Morgan fingerprint density at radius 1 is 1.38 bits per heavy atom. The van der Waals surface area contributed by atoms with Gasteiger partial charge >= 0.3 is 0 Å². The maximum Gasteiger partial charge on any atom is 0.0827 e. The van der Waals surface area contributed by atoms with Gasteiger partial charge in [0.25, 0.3) is 0 Å². The molecule has 0 aromatic heterocycles. The maximum atomic E-state index is 6.02. The number of halogens is 1. The van der Waals surface area contributed by atoms with E-state index in [1.807, 2.05) is 12.1 Å². The minimum absolute atomic E-state index is 0.320. The molecule has 4 heteroatoms. The van der Waals surface area contributed by atoms with Crippen molar-refractivity contribution < 1.29 is 4.74 Å². The molecule has 0 saturated carbocycles.